The van der Waals surface area contributed by atoms with E-state index in [1.54, 1.807) is 10.9 Å². The van der Waals surface area contributed by atoms with Crippen LogP contribution in [0.25, 0.3) is 17.2 Å². The largest absolute Gasteiger partial charge is 0.355 e. The van der Waals surface area contributed by atoms with E-state index in [-0.39, 0.29) is 11.8 Å². The van der Waals surface area contributed by atoms with E-state index < -0.39 is 0 Å². The zero-order valence-corrected chi connectivity index (χ0v) is 17.9. The number of hydrogen-bond donors (Lipinski definition) is 1. The van der Waals surface area contributed by atoms with Gasteiger partial charge in [-0.15, -0.1) is 11.3 Å². The Balaban J connectivity index is 1.21. The molecule has 31 heavy (non-hydrogen) atoms. The van der Waals surface area contributed by atoms with Crippen LogP contribution >= 0.6 is 11.3 Å². The van der Waals surface area contributed by atoms with Crippen LogP contribution in [0.4, 0.5) is 10.9 Å². The highest BCUT2D eigenvalue weighted by molar-refractivity contribution is 7.14. The molecule has 156 valence electrons. The van der Waals surface area contributed by atoms with Crippen LogP contribution in [0.3, 0.4) is 0 Å². The number of thiazole rings is 1. The van der Waals surface area contributed by atoms with Gasteiger partial charge in [0.1, 0.15) is 17.8 Å². The molecule has 4 aromatic heterocycles. The topological polar surface area (TPSA) is 102 Å². The van der Waals surface area contributed by atoms with Gasteiger partial charge in [0.05, 0.1) is 17.3 Å². The van der Waals surface area contributed by atoms with Crippen molar-refractivity contribution in [2.75, 3.05) is 23.3 Å². The van der Waals surface area contributed by atoms with Gasteiger partial charge in [0, 0.05) is 36.4 Å². The average molecular weight is 433 g/mol. The Morgan fingerprint density at radius 2 is 1.94 bits per heavy atom. The van der Waals surface area contributed by atoms with E-state index in [2.05, 4.69) is 35.3 Å². The fourth-order valence-corrected chi connectivity index (χ4v) is 4.20. The smallest absolute Gasteiger partial charge is 0.232 e. The summed E-state index contributed by atoms with van der Waals surface area (Å²) in [6, 6.07) is 9.57. The van der Waals surface area contributed by atoms with Crippen molar-refractivity contribution in [1.29, 1.82) is 0 Å². The SMILES string of the molecule is Cc1cc(C)n(-c2cc(N3CC(C(=O)Nc4nc(-c5ccccn5)cs4)C3)ncn2)n1. The Labute approximate surface area is 182 Å². The number of rotatable bonds is 5. The van der Waals surface area contributed by atoms with Gasteiger partial charge in [-0.2, -0.15) is 5.10 Å². The predicted molar refractivity (Wildman–Crippen MR) is 118 cm³/mol. The third-order valence-electron chi connectivity index (χ3n) is 5.10. The minimum absolute atomic E-state index is 0.0361. The van der Waals surface area contributed by atoms with Crippen LogP contribution in [0, 0.1) is 19.8 Å². The molecule has 5 rings (SSSR count). The van der Waals surface area contributed by atoms with E-state index >= 15 is 0 Å². The second-order valence-electron chi connectivity index (χ2n) is 7.42. The van der Waals surface area contributed by atoms with Crippen molar-refractivity contribution >= 4 is 28.2 Å². The summed E-state index contributed by atoms with van der Waals surface area (Å²) >= 11 is 1.40. The van der Waals surface area contributed by atoms with Crippen LogP contribution in [0.2, 0.25) is 0 Å². The molecule has 10 heteroatoms. The molecule has 0 atom stereocenters. The molecule has 1 amide bonds. The molecule has 0 aliphatic carbocycles. The van der Waals surface area contributed by atoms with Gasteiger partial charge in [-0.05, 0) is 32.0 Å². The lowest BCUT2D eigenvalue weighted by Gasteiger charge is -2.38. The van der Waals surface area contributed by atoms with Crippen LogP contribution < -0.4 is 10.2 Å². The second-order valence-corrected chi connectivity index (χ2v) is 8.28. The summed E-state index contributed by atoms with van der Waals surface area (Å²) in [5.41, 5.74) is 3.49. The Kier molecular flexibility index (Phi) is 4.91. The molecule has 1 aliphatic rings. The molecule has 0 radical (unpaired) electrons. The molecule has 5 heterocycles. The van der Waals surface area contributed by atoms with Crippen molar-refractivity contribution in [3.63, 3.8) is 0 Å². The summed E-state index contributed by atoms with van der Waals surface area (Å²) in [7, 11) is 0. The maximum absolute atomic E-state index is 12.6. The maximum Gasteiger partial charge on any atom is 0.232 e. The van der Waals surface area contributed by atoms with E-state index in [1.165, 1.54) is 17.7 Å². The summed E-state index contributed by atoms with van der Waals surface area (Å²) < 4.78 is 1.80. The Morgan fingerprint density at radius 3 is 2.68 bits per heavy atom. The number of anilines is 2. The quantitative estimate of drug-likeness (QED) is 0.517. The zero-order chi connectivity index (χ0) is 21.4. The van der Waals surface area contributed by atoms with Gasteiger partial charge < -0.3 is 10.2 Å². The van der Waals surface area contributed by atoms with Gasteiger partial charge >= 0.3 is 0 Å². The van der Waals surface area contributed by atoms with Crippen molar-refractivity contribution < 1.29 is 4.79 Å². The number of aryl methyl sites for hydroxylation is 2. The second kappa shape index (κ2) is 7.88. The lowest BCUT2D eigenvalue weighted by molar-refractivity contribution is -0.120. The highest BCUT2D eigenvalue weighted by atomic mass is 32.1. The summed E-state index contributed by atoms with van der Waals surface area (Å²) in [6.07, 6.45) is 3.26. The number of nitrogens with one attached hydrogen (secondary N) is 1. The van der Waals surface area contributed by atoms with Gasteiger partial charge in [0.25, 0.3) is 0 Å². The Bertz CT molecular complexity index is 1230. The summed E-state index contributed by atoms with van der Waals surface area (Å²) in [5, 5.41) is 9.87. The number of nitrogens with zero attached hydrogens (tertiary/aromatic N) is 7. The van der Waals surface area contributed by atoms with Crippen LogP contribution in [0.5, 0.6) is 0 Å². The van der Waals surface area contributed by atoms with Gasteiger partial charge in [0.2, 0.25) is 5.91 Å². The van der Waals surface area contributed by atoms with Crippen molar-refractivity contribution in [3.05, 3.63) is 59.6 Å². The van der Waals surface area contributed by atoms with Crippen LogP contribution in [0.1, 0.15) is 11.4 Å². The molecule has 0 spiro atoms. The summed E-state index contributed by atoms with van der Waals surface area (Å²) in [4.78, 5) is 32.1. The highest BCUT2D eigenvalue weighted by Crippen LogP contribution is 2.27. The molecule has 1 N–H and O–H groups in total. The minimum Gasteiger partial charge on any atom is -0.355 e. The maximum atomic E-state index is 12.6. The minimum atomic E-state index is -0.116. The van der Waals surface area contributed by atoms with Gasteiger partial charge in [-0.25, -0.2) is 19.6 Å². The molecule has 1 aliphatic heterocycles. The van der Waals surface area contributed by atoms with Gasteiger partial charge in [-0.1, -0.05) is 6.07 Å². The van der Waals surface area contributed by atoms with E-state index in [1.807, 2.05) is 49.6 Å². The molecule has 1 saturated heterocycles. The van der Waals surface area contributed by atoms with Crippen molar-refractivity contribution in [1.82, 2.24) is 29.7 Å². The number of hydrogen-bond acceptors (Lipinski definition) is 8. The Morgan fingerprint density at radius 1 is 1.10 bits per heavy atom. The number of pyridine rings is 1. The predicted octanol–water partition coefficient (Wildman–Crippen LogP) is 2.87. The fraction of sp³-hybridized carbons (Fsp3) is 0.238. The third-order valence-corrected chi connectivity index (χ3v) is 5.86. The number of amides is 1. The number of carbonyl (C=O) groups is 1. The van der Waals surface area contributed by atoms with Gasteiger partial charge in [0.15, 0.2) is 10.9 Å². The summed E-state index contributed by atoms with van der Waals surface area (Å²) in [5.74, 6) is 1.35. The van der Waals surface area contributed by atoms with E-state index in [0.717, 1.165) is 28.6 Å². The first-order valence-electron chi connectivity index (χ1n) is 9.85. The number of aromatic nitrogens is 6. The molecular weight excluding hydrogens is 412 g/mol. The third kappa shape index (κ3) is 3.89. The van der Waals surface area contributed by atoms with Crippen molar-refractivity contribution in [2.24, 2.45) is 5.92 Å². The fourth-order valence-electron chi connectivity index (χ4n) is 3.49. The van der Waals surface area contributed by atoms with E-state index in [9.17, 15) is 4.79 Å². The highest BCUT2D eigenvalue weighted by Gasteiger charge is 2.34. The first-order chi connectivity index (χ1) is 15.1. The van der Waals surface area contributed by atoms with Crippen molar-refractivity contribution in [2.45, 2.75) is 13.8 Å². The zero-order valence-electron chi connectivity index (χ0n) is 17.1. The van der Waals surface area contributed by atoms with Crippen LogP contribution in [-0.2, 0) is 4.79 Å². The first-order valence-corrected chi connectivity index (χ1v) is 10.7. The monoisotopic (exact) mass is 432 g/mol. The van der Waals surface area contributed by atoms with Gasteiger partial charge in [-0.3, -0.25) is 9.78 Å². The van der Waals surface area contributed by atoms with Crippen LogP contribution in [0.15, 0.2) is 48.2 Å². The lowest BCUT2D eigenvalue weighted by atomic mass is 9.99. The average Bonchev–Trinajstić information content (AvgIpc) is 3.33. The standard InChI is InChI=1S/C21H20N8OS/c1-13-7-14(2)29(27-13)19-8-18(23-12-24-19)28-9-15(10-28)20(30)26-21-25-17(11-31-21)16-5-3-4-6-22-16/h3-8,11-12,15H,9-10H2,1-2H3,(H,25,26,30). The lowest BCUT2D eigenvalue weighted by Crippen LogP contribution is -2.52. The normalized spacial score (nSPS) is 13.8. The molecule has 0 bridgehead atoms. The van der Waals surface area contributed by atoms with E-state index in [4.69, 9.17) is 0 Å². The first kappa shape index (κ1) is 19.3. The summed E-state index contributed by atoms with van der Waals surface area (Å²) in [6.45, 7) is 5.13. The van der Waals surface area contributed by atoms with E-state index in [0.29, 0.717) is 24.0 Å². The van der Waals surface area contributed by atoms with Crippen LogP contribution in [-0.4, -0.2) is 48.7 Å². The molecule has 0 unspecified atom stereocenters. The molecular formula is C21H20N8OS. The molecule has 0 aromatic carbocycles. The Hall–Kier alpha value is -3.66. The molecule has 0 saturated carbocycles. The van der Waals surface area contributed by atoms with Crippen molar-refractivity contribution in [3.8, 4) is 17.2 Å². The molecule has 1 fully saturated rings. The molecule has 4 aromatic rings. The number of carbonyl (C=O) groups excluding carboxylic acids is 1. The molecule has 9 nitrogen and oxygen atoms in total.